The number of hydrogen-bond acceptors (Lipinski definition) is 5. The molecule has 0 unspecified atom stereocenters. The van der Waals surface area contributed by atoms with Crippen molar-refractivity contribution in [2.24, 2.45) is 5.92 Å². The first-order chi connectivity index (χ1) is 10.9. The van der Waals surface area contributed by atoms with E-state index in [1.165, 1.54) is 26.4 Å². The van der Waals surface area contributed by atoms with Gasteiger partial charge in [0.2, 0.25) is 11.4 Å². The molecule has 1 aliphatic carbocycles. The molecule has 0 saturated heterocycles. The molecule has 5 nitrogen and oxygen atoms in total. The number of carbonyl (C=O) groups is 2. The highest BCUT2D eigenvalue weighted by atomic mass is 35.5. The fourth-order valence-corrected chi connectivity index (χ4v) is 3.77. The predicted molar refractivity (Wildman–Crippen MR) is 85.0 cm³/mol. The van der Waals surface area contributed by atoms with Gasteiger partial charge in [0.1, 0.15) is 22.1 Å². The van der Waals surface area contributed by atoms with Crippen LogP contribution in [0.25, 0.3) is 0 Å². The Balaban J connectivity index is 2.25. The Morgan fingerprint density at radius 2 is 1.87 bits per heavy atom. The number of ether oxygens (including phenoxy) is 3. The molecule has 0 fully saturated rings. The van der Waals surface area contributed by atoms with Crippen LogP contribution in [-0.2, 0) is 4.79 Å². The molecule has 23 heavy (non-hydrogen) atoms. The van der Waals surface area contributed by atoms with Crippen molar-refractivity contribution < 1.29 is 23.8 Å². The van der Waals surface area contributed by atoms with Crippen molar-refractivity contribution >= 4 is 34.8 Å². The number of hydrogen-bond donors (Lipinski definition) is 0. The Morgan fingerprint density at radius 1 is 1.22 bits per heavy atom. The maximum Gasteiger partial charge on any atom is 0.219 e. The third-order valence-corrected chi connectivity index (χ3v) is 5.01. The first-order valence-electron chi connectivity index (χ1n) is 6.95. The standard InChI is InChI=1S/C16H14Cl2O5/c1-7-4-8(19)5-11(17)16(7)15(20)12-9(21-2)6-10(22-3)13(18)14(12)23-16/h5-7H,4H2,1-3H3/t7-,16+/m1/s1. The summed E-state index contributed by atoms with van der Waals surface area (Å²) in [6, 6.07) is 1.53. The number of benzene rings is 1. The molecule has 3 rings (SSSR count). The van der Waals surface area contributed by atoms with Crippen molar-refractivity contribution in [2.75, 3.05) is 14.2 Å². The smallest absolute Gasteiger partial charge is 0.219 e. The summed E-state index contributed by atoms with van der Waals surface area (Å²) >= 11 is 12.5. The SMILES string of the molecule is COc1cc(OC)c2c(c1Cl)O[C@]1(C2=O)C(Cl)=CC(=O)C[C@H]1C. The summed E-state index contributed by atoms with van der Waals surface area (Å²) in [6.45, 7) is 1.74. The van der Waals surface area contributed by atoms with Crippen LogP contribution in [0, 0.1) is 5.92 Å². The van der Waals surface area contributed by atoms with Crippen molar-refractivity contribution in [1.82, 2.24) is 0 Å². The van der Waals surface area contributed by atoms with E-state index in [4.69, 9.17) is 37.4 Å². The van der Waals surface area contributed by atoms with Crippen molar-refractivity contribution in [1.29, 1.82) is 0 Å². The van der Waals surface area contributed by atoms with Crippen molar-refractivity contribution in [3.8, 4) is 17.2 Å². The molecule has 1 heterocycles. The highest BCUT2D eigenvalue weighted by Crippen LogP contribution is 2.54. The van der Waals surface area contributed by atoms with E-state index in [2.05, 4.69) is 0 Å². The number of Topliss-reactive ketones (excluding diaryl/α,β-unsaturated/α-hetero) is 1. The summed E-state index contributed by atoms with van der Waals surface area (Å²) in [5, 5.41) is 0.224. The highest BCUT2D eigenvalue weighted by molar-refractivity contribution is 6.38. The molecule has 2 atom stereocenters. The summed E-state index contributed by atoms with van der Waals surface area (Å²) in [4.78, 5) is 24.8. The Kier molecular flexibility index (Phi) is 3.81. The molecule has 0 saturated carbocycles. The molecule has 1 aromatic rings. The van der Waals surface area contributed by atoms with Gasteiger partial charge in [-0.1, -0.05) is 30.1 Å². The van der Waals surface area contributed by atoms with E-state index < -0.39 is 11.5 Å². The molecule has 2 aliphatic rings. The van der Waals surface area contributed by atoms with E-state index >= 15 is 0 Å². The van der Waals surface area contributed by atoms with E-state index in [0.717, 1.165) is 0 Å². The molecular weight excluding hydrogens is 343 g/mol. The number of ketones is 2. The van der Waals surface area contributed by atoms with Crippen molar-refractivity contribution in [3.05, 3.63) is 27.8 Å². The van der Waals surface area contributed by atoms with E-state index in [1.807, 2.05) is 0 Å². The fourth-order valence-electron chi connectivity index (χ4n) is 3.07. The summed E-state index contributed by atoms with van der Waals surface area (Å²) in [7, 11) is 2.89. The highest BCUT2D eigenvalue weighted by Gasteiger charge is 2.58. The molecule has 1 aliphatic heterocycles. The summed E-state index contributed by atoms with van der Waals surface area (Å²) in [5.74, 6) is -0.158. The van der Waals surface area contributed by atoms with Crippen LogP contribution in [0.5, 0.6) is 17.2 Å². The van der Waals surface area contributed by atoms with Gasteiger partial charge in [0.25, 0.3) is 0 Å². The Morgan fingerprint density at radius 3 is 2.43 bits per heavy atom. The number of methoxy groups -OCH3 is 2. The monoisotopic (exact) mass is 356 g/mol. The molecule has 1 spiro atoms. The lowest BCUT2D eigenvalue weighted by atomic mass is 9.77. The zero-order valence-electron chi connectivity index (χ0n) is 12.7. The van der Waals surface area contributed by atoms with Gasteiger partial charge in [0.05, 0.1) is 19.3 Å². The molecule has 122 valence electrons. The molecule has 7 heteroatoms. The molecule has 0 radical (unpaired) electrons. The van der Waals surface area contributed by atoms with Crippen LogP contribution in [-0.4, -0.2) is 31.4 Å². The summed E-state index contributed by atoms with van der Waals surface area (Å²) in [6.07, 6.45) is 1.40. The van der Waals surface area contributed by atoms with Crippen LogP contribution in [0.2, 0.25) is 5.02 Å². The van der Waals surface area contributed by atoms with E-state index in [9.17, 15) is 9.59 Å². The second-order valence-electron chi connectivity index (χ2n) is 5.53. The second-order valence-corrected chi connectivity index (χ2v) is 6.31. The largest absolute Gasteiger partial charge is 0.496 e. The lowest BCUT2D eigenvalue weighted by molar-refractivity contribution is -0.117. The number of fused-ring (bicyclic) bond motifs is 1. The molecule has 0 N–H and O–H groups in total. The van der Waals surface area contributed by atoms with Crippen LogP contribution in [0.15, 0.2) is 17.2 Å². The van der Waals surface area contributed by atoms with E-state index in [1.54, 1.807) is 6.92 Å². The minimum atomic E-state index is -1.44. The average Bonchev–Trinajstić information content (AvgIpc) is 2.82. The average molecular weight is 357 g/mol. The van der Waals surface area contributed by atoms with Gasteiger partial charge >= 0.3 is 0 Å². The Hall–Kier alpha value is -1.72. The Labute approximate surface area is 143 Å². The number of halogens is 2. The van der Waals surface area contributed by atoms with Gasteiger partial charge in [0.15, 0.2) is 11.5 Å². The first-order valence-corrected chi connectivity index (χ1v) is 7.71. The maximum atomic E-state index is 13.1. The van der Waals surface area contributed by atoms with Crippen LogP contribution in [0.4, 0.5) is 0 Å². The third-order valence-electron chi connectivity index (χ3n) is 4.26. The van der Waals surface area contributed by atoms with E-state index in [0.29, 0.717) is 5.75 Å². The normalized spacial score (nSPS) is 26.0. The second kappa shape index (κ2) is 5.42. The quantitative estimate of drug-likeness (QED) is 0.812. The van der Waals surface area contributed by atoms with Crippen molar-refractivity contribution in [3.63, 3.8) is 0 Å². The van der Waals surface area contributed by atoms with Crippen LogP contribution >= 0.6 is 23.2 Å². The van der Waals surface area contributed by atoms with Gasteiger partial charge in [-0.15, -0.1) is 0 Å². The first kappa shape index (κ1) is 16.1. The molecule has 1 aromatic carbocycles. The van der Waals surface area contributed by atoms with Gasteiger partial charge < -0.3 is 14.2 Å². The van der Waals surface area contributed by atoms with Crippen molar-refractivity contribution in [2.45, 2.75) is 18.9 Å². The third kappa shape index (κ3) is 2.07. The topological polar surface area (TPSA) is 61.8 Å². The predicted octanol–water partition coefficient (Wildman–Crippen LogP) is 3.40. The minimum Gasteiger partial charge on any atom is -0.496 e. The van der Waals surface area contributed by atoms with Crippen LogP contribution < -0.4 is 14.2 Å². The summed E-state index contributed by atoms with van der Waals surface area (Å²) in [5.41, 5.74) is -1.23. The fraction of sp³-hybridized carbons (Fsp3) is 0.375. The minimum absolute atomic E-state index is 0.0551. The van der Waals surface area contributed by atoms with Gasteiger partial charge in [-0.25, -0.2) is 0 Å². The zero-order chi connectivity index (χ0) is 16.9. The van der Waals surface area contributed by atoms with Gasteiger partial charge in [-0.2, -0.15) is 0 Å². The van der Waals surface area contributed by atoms with Crippen LogP contribution in [0.1, 0.15) is 23.7 Å². The Bertz CT molecular complexity index is 755. The lowest BCUT2D eigenvalue weighted by Gasteiger charge is -2.35. The number of rotatable bonds is 2. The van der Waals surface area contributed by atoms with Gasteiger partial charge in [-0.05, 0) is 0 Å². The van der Waals surface area contributed by atoms with E-state index in [-0.39, 0.29) is 45.1 Å². The lowest BCUT2D eigenvalue weighted by Crippen LogP contribution is -2.49. The molecule has 0 amide bonds. The molecule has 0 aromatic heterocycles. The zero-order valence-corrected chi connectivity index (χ0v) is 14.2. The van der Waals surface area contributed by atoms with Crippen LogP contribution in [0.3, 0.4) is 0 Å². The maximum absolute atomic E-state index is 13.1. The number of allylic oxidation sites excluding steroid dienone is 1. The number of carbonyl (C=O) groups excluding carboxylic acids is 2. The molecule has 0 bridgehead atoms. The summed E-state index contributed by atoms with van der Waals surface area (Å²) < 4.78 is 16.4. The van der Waals surface area contributed by atoms with Gasteiger partial charge in [-0.3, -0.25) is 9.59 Å². The molecular formula is C16H14Cl2O5. The van der Waals surface area contributed by atoms with Gasteiger partial charge in [0, 0.05) is 24.5 Å².